The van der Waals surface area contributed by atoms with Crippen molar-refractivity contribution in [2.24, 2.45) is 0 Å². The van der Waals surface area contributed by atoms with Gasteiger partial charge in [0, 0.05) is 12.1 Å². The maximum Gasteiger partial charge on any atom is 0.327 e. The zero-order chi connectivity index (χ0) is 15.3. The largest absolute Gasteiger partial charge is 0.491 e. The molecular weight excluding hydrogens is 264 g/mol. The number of hydrogen-bond acceptors (Lipinski definition) is 5. The lowest BCUT2D eigenvalue weighted by molar-refractivity contribution is -0.384. The van der Waals surface area contributed by atoms with Gasteiger partial charge in [-0.25, -0.2) is 0 Å². The highest BCUT2D eigenvalue weighted by Crippen LogP contribution is 2.20. The monoisotopic (exact) mass is 282 g/mol. The van der Waals surface area contributed by atoms with Gasteiger partial charge >= 0.3 is 5.97 Å². The number of nitro benzene ring substituents is 1. The molecule has 0 spiro atoms. The third-order valence-corrected chi connectivity index (χ3v) is 2.64. The van der Waals surface area contributed by atoms with Crippen molar-refractivity contribution in [3.63, 3.8) is 0 Å². The Kier molecular flexibility index (Phi) is 5.04. The highest BCUT2D eigenvalue weighted by Gasteiger charge is 2.34. The average Bonchev–Trinajstić information content (AvgIpc) is 2.35. The molecule has 0 fully saturated rings. The topological polar surface area (TPSA) is 102 Å². The van der Waals surface area contributed by atoms with E-state index in [-0.39, 0.29) is 24.1 Å². The maximum atomic E-state index is 11.3. The van der Waals surface area contributed by atoms with Gasteiger partial charge in [0.2, 0.25) is 0 Å². The van der Waals surface area contributed by atoms with Crippen LogP contribution in [0.15, 0.2) is 24.3 Å². The Balaban J connectivity index is 2.80. The number of nitrogens with zero attached hydrogens (tertiary/aromatic N) is 1. The van der Waals surface area contributed by atoms with Crippen molar-refractivity contribution in [2.45, 2.75) is 32.4 Å². The number of rotatable bonds is 7. The summed E-state index contributed by atoms with van der Waals surface area (Å²) in [5.41, 5.74) is -1.37. The zero-order valence-electron chi connectivity index (χ0n) is 11.6. The summed E-state index contributed by atoms with van der Waals surface area (Å²) in [5, 5.41) is 22.8. The fourth-order valence-corrected chi connectivity index (χ4v) is 1.72. The number of nitro groups is 1. The minimum atomic E-state index is -1.27. The minimum Gasteiger partial charge on any atom is -0.491 e. The van der Waals surface area contributed by atoms with E-state index in [1.807, 2.05) is 13.8 Å². The highest BCUT2D eigenvalue weighted by atomic mass is 16.6. The van der Waals surface area contributed by atoms with Crippen LogP contribution in [0.3, 0.4) is 0 Å². The maximum absolute atomic E-state index is 11.3. The van der Waals surface area contributed by atoms with Gasteiger partial charge in [-0.15, -0.1) is 0 Å². The molecule has 0 aliphatic heterocycles. The van der Waals surface area contributed by atoms with E-state index in [1.54, 1.807) is 6.07 Å². The Bertz CT molecular complexity index is 503. The summed E-state index contributed by atoms with van der Waals surface area (Å²) >= 11 is 0. The fourth-order valence-electron chi connectivity index (χ4n) is 1.72. The van der Waals surface area contributed by atoms with Crippen LogP contribution in [0, 0.1) is 10.1 Å². The third kappa shape index (κ3) is 4.20. The normalized spacial score (nSPS) is 13.8. The fraction of sp³-hybridized carbons (Fsp3) is 0.462. The van der Waals surface area contributed by atoms with Crippen molar-refractivity contribution in [3.05, 3.63) is 34.4 Å². The Labute approximate surface area is 116 Å². The zero-order valence-corrected chi connectivity index (χ0v) is 11.6. The molecule has 0 amide bonds. The first-order valence-corrected chi connectivity index (χ1v) is 6.13. The predicted octanol–water partition coefficient (Wildman–Crippen LogP) is 1.81. The summed E-state index contributed by atoms with van der Waals surface area (Å²) in [6.45, 7) is 5.03. The Morgan fingerprint density at radius 3 is 2.70 bits per heavy atom. The number of hydrogen-bond donors (Lipinski definition) is 2. The Hall–Kier alpha value is -2.15. The molecule has 0 aliphatic rings. The summed E-state index contributed by atoms with van der Waals surface area (Å²) in [7, 11) is 0. The van der Waals surface area contributed by atoms with Crippen molar-refractivity contribution in [1.82, 2.24) is 5.32 Å². The Morgan fingerprint density at radius 1 is 1.55 bits per heavy atom. The van der Waals surface area contributed by atoms with Gasteiger partial charge in [-0.05, 0) is 26.8 Å². The van der Waals surface area contributed by atoms with E-state index < -0.39 is 16.4 Å². The molecule has 2 N–H and O–H groups in total. The van der Waals surface area contributed by atoms with Gasteiger partial charge in [-0.1, -0.05) is 6.07 Å². The summed E-state index contributed by atoms with van der Waals surface area (Å²) in [6, 6.07) is 5.60. The van der Waals surface area contributed by atoms with Crippen LogP contribution in [0.5, 0.6) is 5.75 Å². The molecule has 1 aromatic rings. The molecule has 1 aromatic carbocycles. The van der Waals surface area contributed by atoms with Crippen molar-refractivity contribution in [3.8, 4) is 5.75 Å². The molecule has 0 aliphatic carbocycles. The highest BCUT2D eigenvalue weighted by molar-refractivity contribution is 5.78. The van der Waals surface area contributed by atoms with Gasteiger partial charge < -0.3 is 9.84 Å². The molecule has 0 bridgehead atoms. The third-order valence-electron chi connectivity index (χ3n) is 2.64. The lowest BCUT2D eigenvalue weighted by Crippen LogP contribution is -2.56. The van der Waals surface area contributed by atoms with Gasteiger partial charge in [0.05, 0.1) is 11.0 Å². The molecule has 0 aromatic heterocycles. The van der Waals surface area contributed by atoms with Crippen molar-refractivity contribution >= 4 is 11.7 Å². The number of benzene rings is 1. The first kappa shape index (κ1) is 15.9. The number of aliphatic carboxylic acids is 1. The van der Waals surface area contributed by atoms with E-state index >= 15 is 0 Å². The Morgan fingerprint density at radius 2 is 2.20 bits per heavy atom. The van der Waals surface area contributed by atoms with E-state index in [4.69, 9.17) is 4.74 Å². The quantitative estimate of drug-likeness (QED) is 0.584. The molecule has 1 unspecified atom stereocenters. The second kappa shape index (κ2) is 6.33. The van der Waals surface area contributed by atoms with Crippen LogP contribution in [-0.2, 0) is 4.79 Å². The summed E-state index contributed by atoms with van der Waals surface area (Å²) in [5.74, 6) is -0.783. The van der Waals surface area contributed by atoms with Crippen molar-refractivity contribution < 1.29 is 19.6 Å². The first-order valence-electron chi connectivity index (χ1n) is 6.13. The molecule has 0 saturated carbocycles. The molecule has 0 radical (unpaired) electrons. The van der Waals surface area contributed by atoms with Crippen LogP contribution in [0.25, 0.3) is 0 Å². The van der Waals surface area contributed by atoms with Gasteiger partial charge in [-0.3, -0.25) is 20.2 Å². The summed E-state index contributed by atoms with van der Waals surface area (Å²) in [4.78, 5) is 21.4. The van der Waals surface area contributed by atoms with Crippen LogP contribution in [-0.4, -0.2) is 34.2 Å². The molecule has 0 saturated heterocycles. The molecule has 1 rings (SSSR count). The number of carboxylic acids is 1. The molecule has 20 heavy (non-hydrogen) atoms. The van der Waals surface area contributed by atoms with Crippen molar-refractivity contribution in [1.29, 1.82) is 0 Å². The van der Waals surface area contributed by atoms with Crippen LogP contribution in [0.1, 0.15) is 20.8 Å². The lowest BCUT2D eigenvalue weighted by atomic mass is 10.0. The number of nitrogens with one attached hydrogen (secondary N) is 1. The molecule has 7 heteroatoms. The molecular formula is C13H18N2O5. The molecule has 1 atom stereocenters. The number of carboxylic acid groups (broad SMARTS) is 1. The van der Waals surface area contributed by atoms with Gasteiger partial charge in [-0.2, -0.15) is 0 Å². The first-order chi connectivity index (χ1) is 9.24. The lowest BCUT2D eigenvalue weighted by Gasteiger charge is -2.28. The van der Waals surface area contributed by atoms with Gasteiger partial charge in [0.15, 0.2) is 0 Å². The van der Waals surface area contributed by atoms with Gasteiger partial charge in [0.25, 0.3) is 5.69 Å². The predicted molar refractivity (Wildman–Crippen MR) is 72.9 cm³/mol. The van der Waals surface area contributed by atoms with E-state index in [9.17, 15) is 20.0 Å². The van der Waals surface area contributed by atoms with E-state index in [1.165, 1.54) is 25.1 Å². The number of non-ortho nitro benzene ring substituents is 1. The van der Waals surface area contributed by atoms with E-state index in [0.29, 0.717) is 0 Å². The smallest absolute Gasteiger partial charge is 0.327 e. The second-order valence-electron chi connectivity index (χ2n) is 4.98. The molecule has 110 valence electrons. The summed E-state index contributed by atoms with van der Waals surface area (Å²) < 4.78 is 5.38. The number of carbonyl (C=O) groups is 1. The summed E-state index contributed by atoms with van der Waals surface area (Å²) in [6.07, 6.45) is 0. The standard InChI is InChI=1S/C13H18N2O5/c1-9(2)14-13(3,12(16)17)8-20-11-6-4-5-10(7-11)15(18)19/h4-7,9,14H,8H2,1-3H3,(H,16,17). The van der Waals surface area contributed by atoms with E-state index in [2.05, 4.69) is 5.32 Å². The average molecular weight is 282 g/mol. The SMILES string of the molecule is CC(C)NC(C)(COc1cccc([N+](=O)[O-])c1)C(=O)O. The van der Waals surface area contributed by atoms with Crippen LogP contribution >= 0.6 is 0 Å². The molecule has 0 heterocycles. The van der Waals surface area contributed by atoms with Crippen molar-refractivity contribution in [2.75, 3.05) is 6.61 Å². The van der Waals surface area contributed by atoms with Crippen LogP contribution < -0.4 is 10.1 Å². The second-order valence-corrected chi connectivity index (χ2v) is 4.98. The van der Waals surface area contributed by atoms with Crippen LogP contribution in [0.2, 0.25) is 0 Å². The van der Waals surface area contributed by atoms with Crippen LogP contribution in [0.4, 0.5) is 5.69 Å². The van der Waals surface area contributed by atoms with E-state index in [0.717, 1.165) is 0 Å². The molecule has 7 nitrogen and oxygen atoms in total. The number of ether oxygens (including phenoxy) is 1. The van der Waals surface area contributed by atoms with Gasteiger partial charge in [0.1, 0.15) is 17.9 Å². The minimum absolute atomic E-state index is 0.0372.